The maximum atomic E-state index is 12.8. The lowest BCUT2D eigenvalue weighted by Gasteiger charge is -2.10. The number of hydrogen-bond donors (Lipinski definition) is 2. The number of hydrazone groups is 1. The highest BCUT2D eigenvalue weighted by molar-refractivity contribution is 5.86. The van der Waals surface area contributed by atoms with E-state index in [-0.39, 0.29) is 17.9 Å². The molecule has 0 spiro atoms. The number of rotatable bonds is 9. The number of carbonyl (C=O) groups is 1. The van der Waals surface area contributed by atoms with Crippen molar-refractivity contribution in [1.29, 1.82) is 0 Å². The van der Waals surface area contributed by atoms with E-state index in [0.717, 1.165) is 24.4 Å². The van der Waals surface area contributed by atoms with Gasteiger partial charge < -0.3 is 14.8 Å². The molecule has 0 aromatic heterocycles. The van der Waals surface area contributed by atoms with Gasteiger partial charge >= 0.3 is 13.2 Å². The molecule has 6 nitrogen and oxygen atoms in total. The van der Waals surface area contributed by atoms with Crippen LogP contribution in [-0.4, -0.2) is 31.9 Å². The van der Waals surface area contributed by atoms with Gasteiger partial charge in [0, 0.05) is 17.3 Å². The highest BCUT2D eigenvalue weighted by atomic mass is 19.3. The van der Waals surface area contributed by atoms with Crippen LogP contribution in [-0.2, 0) is 4.79 Å². The Hall–Kier alpha value is -3.37. The molecule has 0 unspecified atom stereocenters. The van der Waals surface area contributed by atoms with Crippen LogP contribution in [0.2, 0.25) is 0 Å². The van der Waals surface area contributed by atoms with Crippen molar-refractivity contribution < 1.29 is 36.2 Å². The van der Waals surface area contributed by atoms with Gasteiger partial charge in [0.2, 0.25) is 0 Å². The smallest absolute Gasteiger partial charge is 0.387 e. The van der Waals surface area contributed by atoms with E-state index in [2.05, 4.69) is 25.3 Å². The zero-order valence-electron chi connectivity index (χ0n) is 14.0. The molecule has 2 N–H and O–H groups in total. The molecule has 2 aromatic carbocycles. The molecule has 0 aliphatic carbocycles. The van der Waals surface area contributed by atoms with Crippen molar-refractivity contribution in [3.8, 4) is 11.5 Å². The molecule has 0 aliphatic rings. The van der Waals surface area contributed by atoms with Gasteiger partial charge in [-0.3, -0.25) is 4.79 Å². The van der Waals surface area contributed by atoms with Crippen LogP contribution in [0.25, 0.3) is 0 Å². The number of benzene rings is 2. The summed E-state index contributed by atoms with van der Waals surface area (Å²) in [5.74, 6) is -1.84. The predicted molar refractivity (Wildman–Crippen MR) is 90.3 cm³/mol. The fourth-order valence-electron chi connectivity index (χ4n) is 1.96. The van der Waals surface area contributed by atoms with Crippen LogP contribution in [0.5, 0.6) is 11.5 Å². The minimum Gasteiger partial charge on any atom is -0.435 e. The molecular formula is C17H14F5N3O3. The molecule has 0 aliphatic heterocycles. The van der Waals surface area contributed by atoms with Gasteiger partial charge in [0.1, 0.15) is 17.3 Å². The molecule has 0 radical (unpaired) electrons. The highest BCUT2D eigenvalue weighted by Gasteiger charge is 2.12. The summed E-state index contributed by atoms with van der Waals surface area (Å²) in [6, 6.07) is 8.39. The summed E-state index contributed by atoms with van der Waals surface area (Å²) < 4.78 is 70.5. The standard InChI is InChI=1S/C17H14F5N3O3/c18-11-2-4-12(5-3-11)23-9-15(26)25-24-8-10-1-6-13(27-16(19)20)7-14(10)28-17(21)22/h1-8,16-17,23H,9H2,(H,25,26)/b24-8-. The minimum absolute atomic E-state index is 0.00582. The van der Waals surface area contributed by atoms with Crippen molar-refractivity contribution in [2.45, 2.75) is 13.2 Å². The van der Waals surface area contributed by atoms with E-state index in [9.17, 15) is 26.7 Å². The average Bonchev–Trinajstić information content (AvgIpc) is 2.62. The maximum absolute atomic E-state index is 12.8. The fraction of sp³-hybridized carbons (Fsp3) is 0.176. The summed E-state index contributed by atoms with van der Waals surface area (Å²) in [5.41, 5.74) is 2.64. The molecule has 2 aromatic rings. The zero-order chi connectivity index (χ0) is 20.5. The van der Waals surface area contributed by atoms with Gasteiger partial charge in [0.15, 0.2) is 0 Å². The number of anilines is 1. The highest BCUT2D eigenvalue weighted by Crippen LogP contribution is 2.26. The molecule has 2 rings (SSSR count). The van der Waals surface area contributed by atoms with Crippen molar-refractivity contribution in [1.82, 2.24) is 5.43 Å². The second kappa shape index (κ2) is 10.1. The van der Waals surface area contributed by atoms with E-state index in [1.807, 2.05) is 0 Å². The van der Waals surface area contributed by atoms with Crippen molar-refractivity contribution in [2.75, 3.05) is 11.9 Å². The van der Waals surface area contributed by atoms with E-state index >= 15 is 0 Å². The summed E-state index contributed by atoms with van der Waals surface area (Å²) in [7, 11) is 0. The van der Waals surface area contributed by atoms with E-state index < -0.39 is 30.7 Å². The first-order valence-corrected chi connectivity index (χ1v) is 7.68. The van der Waals surface area contributed by atoms with Crippen molar-refractivity contribution >= 4 is 17.8 Å². The first-order valence-electron chi connectivity index (χ1n) is 7.68. The van der Waals surface area contributed by atoms with Crippen molar-refractivity contribution in [3.63, 3.8) is 0 Å². The number of carbonyl (C=O) groups excluding carboxylic acids is 1. The first-order chi connectivity index (χ1) is 13.3. The number of nitrogens with one attached hydrogen (secondary N) is 2. The van der Waals surface area contributed by atoms with Crippen LogP contribution in [0.3, 0.4) is 0 Å². The molecule has 28 heavy (non-hydrogen) atoms. The summed E-state index contributed by atoms with van der Waals surface area (Å²) in [6.07, 6.45) is 1.000. The van der Waals surface area contributed by atoms with Gasteiger partial charge in [0.05, 0.1) is 12.8 Å². The van der Waals surface area contributed by atoms with Crippen LogP contribution in [0, 0.1) is 5.82 Å². The Kier molecular flexibility index (Phi) is 7.55. The third kappa shape index (κ3) is 7.09. The van der Waals surface area contributed by atoms with Gasteiger partial charge in [-0.2, -0.15) is 22.7 Å². The van der Waals surface area contributed by atoms with E-state index in [0.29, 0.717) is 5.69 Å². The number of halogens is 5. The van der Waals surface area contributed by atoms with E-state index in [1.54, 1.807) is 0 Å². The zero-order valence-corrected chi connectivity index (χ0v) is 14.0. The normalized spacial score (nSPS) is 11.1. The molecular weight excluding hydrogens is 389 g/mol. The van der Waals surface area contributed by atoms with E-state index in [4.69, 9.17) is 0 Å². The second-order valence-electron chi connectivity index (χ2n) is 5.11. The minimum atomic E-state index is -3.21. The van der Waals surface area contributed by atoms with Crippen LogP contribution >= 0.6 is 0 Å². The molecule has 150 valence electrons. The molecule has 0 fully saturated rings. The molecule has 0 saturated carbocycles. The number of hydrogen-bond acceptors (Lipinski definition) is 5. The largest absolute Gasteiger partial charge is 0.435 e. The SMILES string of the molecule is O=C(CNc1ccc(F)cc1)N/N=C\c1ccc(OC(F)F)cc1OC(F)F. The maximum Gasteiger partial charge on any atom is 0.387 e. The molecule has 1 amide bonds. The second-order valence-corrected chi connectivity index (χ2v) is 5.11. The Balaban J connectivity index is 1.95. The molecule has 0 atom stereocenters. The van der Waals surface area contributed by atoms with Crippen LogP contribution < -0.4 is 20.2 Å². The molecule has 0 saturated heterocycles. The van der Waals surface area contributed by atoms with E-state index in [1.165, 1.54) is 24.3 Å². The number of nitrogens with zero attached hydrogens (tertiary/aromatic N) is 1. The fourth-order valence-corrected chi connectivity index (χ4v) is 1.96. The molecule has 0 bridgehead atoms. The predicted octanol–water partition coefficient (Wildman–Crippen LogP) is 3.59. The van der Waals surface area contributed by atoms with Gasteiger partial charge in [-0.25, -0.2) is 9.82 Å². The quantitative estimate of drug-likeness (QED) is 0.381. The van der Waals surface area contributed by atoms with Crippen LogP contribution in [0.4, 0.5) is 27.6 Å². The Bertz CT molecular complexity index is 816. The van der Waals surface area contributed by atoms with Gasteiger partial charge in [-0.15, -0.1) is 0 Å². The molecule has 0 heterocycles. The topological polar surface area (TPSA) is 72.0 Å². The number of ether oxygens (including phenoxy) is 2. The summed E-state index contributed by atoms with van der Waals surface area (Å²) in [4.78, 5) is 11.7. The number of amides is 1. The lowest BCUT2D eigenvalue weighted by molar-refractivity contribution is -0.119. The van der Waals surface area contributed by atoms with Gasteiger partial charge in [-0.1, -0.05) is 0 Å². The third-order valence-electron chi connectivity index (χ3n) is 3.12. The summed E-state index contributed by atoms with van der Waals surface area (Å²) >= 11 is 0. The lowest BCUT2D eigenvalue weighted by atomic mass is 10.2. The lowest BCUT2D eigenvalue weighted by Crippen LogP contribution is -2.25. The monoisotopic (exact) mass is 403 g/mol. The van der Waals surface area contributed by atoms with Crippen LogP contribution in [0.15, 0.2) is 47.6 Å². The Labute approximate surface area is 155 Å². The third-order valence-corrected chi connectivity index (χ3v) is 3.12. The Morgan fingerprint density at radius 3 is 2.36 bits per heavy atom. The Morgan fingerprint density at radius 2 is 1.71 bits per heavy atom. The van der Waals surface area contributed by atoms with Gasteiger partial charge in [0.25, 0.3) is 5.91 Å². The van der Waals surface area contributed by atoms with Crippen molar-refractivity contribution in [3.05, 3.63) is 53.8 Å². The molecule has 11 heteroatoms. The number of alkyl halides is 4. The first kappa shape index (κ1) is 20.9. The Morgan fingerprint density at radius 1 is 1.04 bits per heavy atom. The van der Waals surface area contributed by atoms with Crippen molar-refractivity contribution in [2.24, 2.45) is 5.10 Å². The van der Waals surface area contributed by atoms with Crippen LogP contribution in [0.1, 0.15) is 5.56 Å². The average molecular weight is 403 g/mol. The summed E-state index contributed by atoms with van der Waals surface area (Å²) in [6.45, 7) is -6.53. The summed E-state index contributed by atoms with van der Waals surface area (Å²) in [5, 5.41) is 6.31. The van der Waals surface area contributed by atoms with Gasteiger partial charge in [-0.05, 0) is 36.4 Å².